The first-order valence-corrected chi connectivity index (χ1v) is 12.0. The summed E-state index contributed by atoms with van der Waals surface area (Å²) in [6.07, 6.45) is 8.96. The molecule has 5 rings (SSSR count). The molecule has 1 aliphatic rings. The van der Waals surface area contributed by atoms with E-state index in [4.69, 9.17) is 4.74 Å². The molecule has 0 saturated heterocycles. The molecule has 1 N–H and O–H groups in total. The molecule has 0 spiro atoms. The Morgan fingerprint density at radius 1 is 1.06 bits per heavy atom. The second kappa shape index (κ2) is 10.9. The van der Waals surface area contributed by atoms with Crippen LogP contribution >= 0.6 is 0 Å². The Morgan fingerprint density at radius 2 is 1.94 bits per heavy atom. The van der Waals surface area contributed by atoms with Gasteiger partial charge >= 0.3 is 0 Å². The van der Waals surface area contributed by atoms with E-state index >= 15 is 0 Å². The molecule has 8 heteroatoms. The van der Waals surface area contributed by atoms with Gasteiger partial charge in [0.05, 0.1) is 11.4 Å². The number of hydrogen-bond acceptors (Lipinski definition) is 5. The smallest absolute Gasteiger partial charge is 0.248 e. The highest BCUT2D eigenvalue weighted by atomic mass is 19.1. The first-order valence-electron chi connectivity index (χ1n) is 12.0. The quantitative estimate of drug-likeness (QED) is 0.354. The van der Waals surface area contributed by atoms with Crippen molar-refractivity contribution >= 4 is 17.7 Å². The molecule has 7 nitrogen and oxygen atoms in total. The number of nitrogens with zero attached hydrogens (tertiary/aromatic N) is 4. The summed E-state index contributed by atoms with van der Waals surface area (Å²) in [6, 6.07) is 17.6. The Morgan fingerprint density at radius 3 is 2.78 bits per heavy atom. The number of hydrogen-bond donors (Lipinski definition) is 1. The number of carbonyl (C=O) groups is 1. The van der Waals surface area contributed by atoms with Gasteiger partial charge in [-0.2, -0.15) is 0 Å². The van der Waals surface area contributed by atoms with Crippen LogP contribution < -0.4 is 10.1 Å². The lowest BCUT2D eigenvalue weighted by Crippen LogP contribution is -2.10. The molecule has 0 atom stereocenters. The molecule has 2 aromatic heterocycles. The average molecular weight is 484 g/mol. The van der Waals surface area contributed by atoms with Crippen LogP contribution in [0.3, 0.4) is 0 Å². The lowest BCUT2D eigenvalue weighted by Gasteiger charge is -2.10. The number of nitrogens with one attached hydrogen (secondary N) is 1. The lowest BCUT2D eigenvalue weighted by molar-refractivity contribution is -0.111. The summed E-state index contributed by atoms with van der Waals surface area (Å²) in [7, 11) is 0. The molecule has 0 aliphatic carbocycles. The topological polar surface area (TPSA) is 81.9 Å². The number of anilines is 1. The summed E-state index contributed by atoms with van der Waals surface area (Å²) in [6.45, 7) is 1.22. The third kappa shape index (κ3) is 5.66. The van der Waals surface area contributed by atoms with Crippen LogP contribution in [0.25, 0.3) is 17.5 Å². The summed E-state index contributed by atoms with van der Waals surface area (Å²) in [4.78, 5) is 16.7. The van der Waals surface area contributed by atoms with Crippen molar-refractivity contribution in [2.45, 2.75) is 38.8 Å². The van der Waals surface area contributed by atoms with Gasteiger partial charge in [-0.25, -0.2) is 4.39 Å². The Bertz CT molecular complexity index is 1370. The van der Waals surface area contributed by atoms with Crippen LogP contribution in [0.2, 0.25) is 0 Å². The predicted octanol–water partition coefficient (Wildman–Crippen LogP) is 5.44. The van der Waals surface area contributed by atoms with Crippen molar-refractivity contribution in [2.75, 3.05) is 5.32 Å². The van der Waals surface area contributed by atoms with E-state index in [2.05, 4.69) is 25.1 Å². The summed E-state index contributed by atoms with van der Waals surface area (Å²) in [5, 5.41) is 11.3. The highest BCUT2D eigenvalue weighted by Crippen LogP contribution is 2.26. The molecule has 36 heavy (non-hydrogen) atoms. The Balaban J connectivity index is 1.22. The molecular weight excluding hydrogens is 457 g/mol. The molecule has 1 amide bonds. The van der Waals surface area contributed by atoms with Crippen molar-refractivity contribution in [2.24, 2.45) is 0 Å². The zero-order valence-electron chi connectivity index (χ0n) is 19.7. The normalized spacial score (nSPS) is 13.2. The van der Waals surface area contributed by atoms with Crippen molar-refractivity contribution in [3.05, 3.63) is 95.8 Å². The van der Waals surface area contributed by atoms with Crippen LogP contribution in [0.5, 0.6) is 5.75 Å². The third-order valence-corrected chi connectivity index (χ3v) is 6.01. The molecule has 3 heterocycles. The fourth-order valence-corrected chi connectivity index (χ4v) is 4.12. The maximum atomic E-state index is 14.5. The van der Waals surface area contributed by atoms with Crippen molar-refractivity contribution in [1.82, 2.24) is 19.7 Å². The number of aromatic nitrogens is 4. The standard InChI is InChI=1S/C28H26FN5O2/c29-24-14-11-21(28-33-32-26-7-2-1-5-17-34(26)28)18-25(24)31-27(35)15-10-20-8-12-23(13-9-20)36-19-22-6-3-4-16-30-22/h3-4,6,8-16,18H,1-2,5,7,17,19H2,(H,31,35)/b15-10+. The molecule has 0 fully saturated rings. The van der Waals surface area contributed by atoms with E-state index in [0.29, 0.717) is 18.2 Å². The zero-order chi connectivity index (χ0) is 24.7. The van der Waals surface area contributed by atoms with Crippen LogP contribution in [0.4, 0.5) is 10.1 Å². The highest BCUT2D eigenvalue weighted by Gasteiger charge is 2.17. The Labute approximate surface area is 208 Å². The molecule has 0 bridgehead atoms. The van der Waals surface area contributed by atoms with E-state index in [9.17, 15) is 9.18 Å². The van der Waals surface area contributed by atoms with Gasteiger partial charge < -0.3 is 14.6 Å². The maximum absolute atomic E-state index is 14.5. The van der Waals surface area contributed by atoms with Crippen LogP contribution in [0.1, 0.15) is 36.3 Å². The fourth-order valence-electron chi connectivity index (χ4n) is 4.12. The molecule has 1 aliphatic heterocycles. The fraction of sp³-hybridized carbons (Fsp3) is 0.214. The van der Waals surface area contributed by atoms with Gasteiger partial charge in [0.2, 0.25) is 5.91 Å². The summed E-state index contributed by atoms with van der Waals surface area (Å²) in [5.74, 6) is 1.41. The van der Waals surface area contributed by atoms with Crippen molar-refractivity contribution in [3.8, 4) is 17.1 Å². The monoisotopic (exact) mass is 483 g/mol. The molecule has 0 unspecified atom stereocenters. The summed E-state index contributed by atoms with van der Waals surface area (Å²) < 4.78 is 22.3. The zero-order valence-corrected chi connectivity index (χ0v) is 19.7. The highest BCUT2D eigenvalue weighted by molar-refractivity contribution is 6.02. The molecule has 0 saturated carbocycles. The van der Waals surface area contributed by atoms with E-state index in [1.165, 1.54) is 12.1 Å². The molecule has 182 valence electrons. The molecule has 2 aromatic carbocycles. The van der Waals surface area contributed by atoms with Crippen molar-refractivity contribution < 1.29 is 13.9 Å². The minimum atomic E-state index is -0.509. The number of pyridine rings is 1. The van der Waals surface area contributed by atoms with Crippen LogP contribution in [0, 0.1) is 5.82 Å². The van der Waals surface area contributed by atoms with Gasteiger partial charge in [-0.1, -0.05) is 24.6 Å². The van der Waals surface area contributed by atoms with Crippen LogP contribution in [-0.4, -0.2) is 25.7 Å². The second-order valence-corrected chi connectivity index (χ2v) is 8.60. The molecule has 0 radical (unpaired) electrons. The van der Waals surface area contributed by atoms with E-state index < -0.39 is 11.7 Å². The summed E-state index contributed by atoms with van der Waals surface area (Å²) >= 11 is 0. The first-order chi connectivity index (χ1) is 17.7. The van der Waals surface area contributed by atoms with Gasteiger partial charge in [0.1, 0.15) is 24.0 Å². The number of amides is 1. The van der Waals surface area contributed by atoms with Crippen LogP contribution in [0.15, 0.2) is 72.9 Å². The van der Waals surface area contributed by atoms with E-state index in [1.807, 2.05) is 42.5 Å². The van der Waals surface area contributed by atoms with E-state index in [1.54, 1.807) is 24.4 Å². The number of fused-ring (bicyclic) bond motifs is 1. The average Bonchev–Trinajstić information content (AvgIpc) is 3.16. The lowest BCUT2D eigenvalue weighted by atomic mass is 10.1. The van der Waals surface area contributed by atoms with Gasteiger partial charge in [0, 0.05) is 30.8 Å². The second-order valence-electron chi connectivity index (χ2n) is 8.60. The number of benzene rings is 2. The molecule has 4 aromatic rings. The number of aryl methyl sites for hydroxylation is 1. The van der Waals surface area contributed by atoms with Crippen molar-refractivity contribution in [1.29, 1.82) is 0 Å². The maximum Gasteiger partial charge on any atom is 0.248 e. The minimum absolute atomic E-state index is 0.103. The first kappa shape index (κ1) is 23.4. The summed E-state index contributed by atoms with van der Waals surface area (Å²) in [5.41, 5.74) is 2.48. The number of carbonyl (C=O) groups excluding carboxylic acids is 1. The predicted molar refractivity (Wildman–Crippen MR) is 136 cm³/mol. The van der Waals surface area contributed by atoms with Gasteiger partial charge in [-0.15, -0.1) is 10.2 Å². The van der Waals surface area contributed by atoms with Gasteiger partial charge in [-0.3, -0.25) is 9.78 Å². The van der Waals surface area contributed by atoms with Crippen LogP contribution in [-0.2, 0) is 24.4 Å². The Kier molecular flexibility index (Phi) is 7.12. The largest absolute Gasteiger partial charge is 0.487 e. The van der Waals surface area contributed by atoms with E-state index in [-0.39, 0.29) is 5.69 Å². The Hall–Kier alpha value is -4.33. The minimum Gasteiger partial charge on any atom is -0.487 e. The number of rotatable bonds is 7. The van der Waals surface area contributed by atoms with Gasteiger partial charge in [-0.05, 0) is 66.9 Å². The SMILES string of the molecule is O=C(/C=C/c1ccc(OCc2ccccn2)cc1)Nc1cc(-c2nnc3n2CCCCC3)ccc1F. The van der Waals surface area contributed by atoms with E-state index in [0.717, 1.165) is 54.9 Å². The number of ether oxygens (including phenoxy) is 1. The van der Waals surface area contributed by atoms with Crippen molar-refractivity contribution in [3.63, 3.8) is 0 Å². The molecular formula is C28H26FN5O2. The third-order valence-electron chi connectivity index (χ3n) is 6.01. The van der Waals surface area contributed by atoms with Gasteiger partial charge in [0.25, 0.3) is 0 Å². The van der Waals surface area contributed by atoms with Gasteiger partial charge in [0.15, 0.2) is 5.82 Å². The number of halogens is 1.